The highest BCUT2D eigenvalue weighted by molar-refractivity contribution is 5.23. The van der Waals surface area contributed by atoms with Crippen LogP contribution in [-0.4, -0.2) is 11.5 Å². The van der Waals surface area contributed by atoms with Crippen LogP contribution in [0.2, 0.25) is 0 Å². The standard InChI is InChI=1S/C13H17F2N/c1-12(14,15)11(9-13(16)7-8-13)10-5-3-2-4-6-10/h2-6,11H,7-9,16H2,1H3. The van der Waals surface area contributed by atoms with Crippen molar-refractivity contribution in [2.75, 3.05) is 0 Å². The van der Waals surface area contributed by atoms with E-state index in [1.165, 1.54) is 0 Å². The van der Waals surface area contributed by atoms with Crippen LogP contribution in [0.25, 0.3) is 0 Å². The predicted octanol–water partition coefficient (Wildman–Crippen LogP) is 3.31. The summed E-state index contributed by atoms with van der Waals surface area (Å²) in [6.45, 7) is 0.983. The molecule has 1 aliphatic carbocycles. The van der Waals surface area contributed by atoms with Crippen molar-refractivity contribution in [2.45, 2.75) is 43.6 Å². The van der Waals surface area contributed by atoms with Crippen LogP contribution in [0.4, 0.5) is 8.78 Å². The van der Waals surface area contributed by atoms with Crippen LogP contribution in [-0.2, 0) is 0 Å². The van der Waals surface area contributed by atoms with Crippen molar-refractivity contribution < 1.29 is 8.78 Å². The van der Waals surface area contributed by atoms with Gasteiger partial charge in [-0.2, -0.15) is 0 Å². The zero-order valence-electron chi connectivity index (χ0n) is 9.42. The molecule has 0 spiro atoms. The summed E-state index contributed by atoms with van der Waals surface area (Å²) in [6.07, 6.45) is 2.11. The van der Waals surface area contributed by atoms with Gasteiger partial charge < -0.3 is 5.73 Å². The Bertz CT molecular complexity index is 352. The van der Waals surface area contributed by atoms with Crippen molar-refractivity contribution in [2.24, 2.45) is 5.73 Å². The second-order valence-corrected chi connectivity index (χ2v) is 4.99. The Kier molecular flexibility index (Phi) is 2.74. The fourth-order valence-corrected chi connectivity index (χ4v) is 2.05. The lowest BCUT2D eigenvalue weighted by molar-refractivity contribution is -0.0136. The maximum absolute atomic E-state index is 13.6. The molecule has 0 aromatic heterocycles. The van der Waals surface area contributed by atoms with Crippen LogP contribution >= 0.6 is 0 Å². The van der Waals surface area contributed by atoms with Crippen LogP contribution < -0.4 is 5.73 Å². The Morgan fingerprint density at radius 1 is 1.31 bits per heavy atom. The van der Waals surface area contributed by atoms with E-state index >= 15 is 0 Å². The molecule has 0 amide bonds. The minimum Gasteiger partial charge on any atom is -0.325 e. The molecule has 88 valence electrons. The van der Waals surface area contributed by atoms with E-state index in [2.05, 4.69) is 0 Å². The number of nitrogens with two attached hydrogens (primary N) is 1. The van der Waals surface area contributed by atoms with Gasteiger partial charge in [-0.25, -0.2) is 8.78 Å². The predicted molar refractivity (Wildman–Crippen MR) is 60.6 cm³/mol. The maximum atomic E-state index is 13.6. The third kappa shape index (κ3) is 2.59. The normalized spacial score (nSPS) is 20.5. The van der Waals surface area contributed by atoms with Crippen molar-refractivity contribution >= 4 is 0 Å². The van der Waals surface area contributed by atoms with E-state index in [1.807, 2.05) is 6.07 Å². The lowest BCUT2D eigenvalue weighted by Crippen LogP contribution is -2.32. The van der Waals surface area contributed by atoms with E-state index in [-0.39, 0.29) is 5.54 Å². The van der Waals surface area contributed by atoms with Crippen molar-refractivity contribution in [1.29, 1.82) is 0 Å². The Morgan fingerprint density at radius 3 is 2.31 bits per heavy atom. The molecule has 2 N–H and O–H groups in total. The van der Waals surface area contributed by atoms with Crippen molar-refractivity contribution in [3.05, 3.63) is 35.9 Å². The van der Waals surface area contributed by atoms with Gasteiger partial charge in [-0.3, -0.25) is 0 Å². The van der Waals surface area contributed by atoms with Gasteiger partial charge in [0, 0.05) is 11.5 Å². The molecular weight excluding hydrogens is 208 g/mol. The highest BCUT2D eigenvalue weighted by Crippen LogP contribution is 2.46. The van der Waals surface area contributed by atoms with E-state index in [0.29, 0.717) is 12.0 Å². The summed E-state index contributed by atoms with van der Waals surface area (Å²) in [6, 6.07) is 8.94. The zero-order chi connectivity index (χ0) is 11.8. The van der Waals surface area contributed by atoms with E-state index in [1.54, 1.807) is 24.3 Å². The fraction of sp³-hybridized carbons (Fsp3) is 0.538. The molecule has 1 aromatic carbocycles. The lowest BCUT2D eigenvalue weighted by Gasteiger charge is -2.26. The van der Waals surface area contributed by atoms with Gasteiger partial charge in [0.2, 0.25) is 0 Å². The number of benzene rings is 1. The second kappa shape index (κ2) is 3.81. The minimum atomic E-state index is -2.71. The zero-order valence-corrected chi connectivity index (χ0v) is 9.42. The third-order valence-electron chi connectivity index (χ3n) is 3.32. The van der Waals surface area contributed by atoms with Gasteiger partial charge in [0.15, 0.2) is 0 Å². The molecule has 1 nitrogen and oxygen atoms in total. The summed E-state index contributed by atoms with van der Waals surface area (Å²) < 4.78 is 27.1. The Morgan fingerprint density at radius 2 is 1.88 bits per heavy atom. The summed E-state index contributed by atoms with van der Waals surface area (Å²) in [7, 11) is 0. The first-order chi connectivity index (χ1) is 7.41. The monoisotopic (exact) mass is 225 g/mol. The number of alkyl halides is 2. The van der Waals surface area contributed by atoms with Crippen molar-refractivity contribution in [3.63, 3.8) is 0 Å². The molecule has 1 saturated carbocycles. The highest BCUT2D eigenvalue weighted by atomic mass is 19.3. The van der Waals surface area contributed by atoms with Gasteiger partial charge in [-0.1, -0.05) is 30.3 Å². The van der Waals surface area contributed by atoms with Crippen LogP contribution in [0.1, 0.15) is 37.7 Å². The molecule has 1 unspecified atom stereocenters. The van der Waals surface area contributed by atoms with Gasteiger partial charge in [-0.05, 0) is 31.7 Å². The largest absolute Gasteiger partial charge is 0.325 e. The van der Waals surface area contributed by atoms with E-state index in [4.69, 9.17) is 5.73 Å². The van der Waals surface area contributed by atoms with Crippen LogP contribution in [0, 0.1) is 0 Å². The van der Waals surface area contributed by atoms with Gasteiger partial charge >= 0.3 is 0 Å². The van der Waals surface area contributed by atoms with Crippen LogP contribution in [0.3, 0.4) is 0 Å². The summed E-state index contributed by atoms with van der Waals surface area (Å²) in [5.74, 6) is -3.47. The molecule has 1 aromatic rings. The molecule has 1 aliphatic rings. The molecule has 16 heavy (non-hydrogen) atoms. The van der Waals surface area contributed by atoms with E-state index in [9.17, 15) is 8.78 Å². The Balaban J connectivity index is 2.21. The molecule has 3 heteroatoms. The molecule has 0 aliphatic heterocycles. The van der Waals surface area contributed by atoms with Gasteiger partial charge in [0.1, 0.15) is 0 Å². The average molecular weight is 225 g/mol. The molecule has 1 fully saturated rings. The Labute approximate surface area is 94.7 Å². The first kappa shape index (κ1) is 11.5. The highest BCUT2D eigenvalue weighted by Gasteiger charge is 2.46. The van der Waals surface area contributed by atoms with E-state index < -0.39 is 11.8 Å². The molecular formula is C13H17F2N. The minimum absolute atomic E-state index is 0.347. The lowest BCUT2D eigenvalue weighted by atomic mass is 9.86. The average Bonchev–Trinajstić information content (AvgIpc) is 2.93. The van der Waals surface area contributed by atoms with Gasteiger partial charge in [-0.15, -0.1) is 0 Å². The van der Waals surface area contributed by atoms with Crippen molar-refractivity contribution in [3.8, 4) is 0 Å². The van der Waals surface area contributed by atoms with Crippen molar-refractivity contribution in [1.82, 2.24) is 0 Å². The number of hydrogen-bond donors (Lipinski definition) is 1. The number of rotatable bonds is 4. The third-order valence-corrected chi connectivity index (χ3v) is 3.32. The summed E-state index contributed by atoms with van der Waals surface area (Å²) in [5.41, 5.74) is 6.29. The second-order valence-electron chi connectivity index (χ2n) is 4.99. The Hall–Kier alpha value is -0.960. The summed E-state index contributed by atoms with van der Waals surface area (Å²) >= 11 is 0. The fourth-order valence-electron chi connectivity index (χ4n) is 2.05. The van der Waals surface area contributed by atoms with Gasteiger partial charge in [0.05, 0.1) is 0 Å². The molecule has 0 heterocycles. The first-order valence-electron chi connectivity index (χ1n) is 5.62. The summed E-state index contributed by atoms with van der Waals surface area (Å²) in [4.78, 5) is 0. The van der Waals surface area contributed by atoms with Crippen LogP contribution in [0.5, 0.6) is 0 Å². The SMILES string of the molecule is CC(F)(F)C(CC1(N)CC1)c1ccccc1. The maximum Gasteiger partial charge on any atom is 0.252 e. The molecule has 1 atom stereocenters. The molecule has 0 bridgehead atoms. The van der Waals surface area contributed by atoms with E-state index in [0.717, 1.165) is 19.8 Å². The summed E-state index contributed by atoms with van der Waals surface area (Å²) in [5, 5.41) is 0. The molecule has 2 rings (SSSR count). The molecule has 0 radical (unpaired) electrons. The number of halogens is 2. The van der Waals surface area contributed by atoms with Gasteiger partial charge in [0.25, 0.3) is 5.92 Å². The van der Waals surface area contributed by atoms with Crippen LogP contribution in [0.15, 0.2) is 30.3 Å². The topological polar surface area (TPSA) is 26.0 Å². The smallest absolute Gasteiger partial charge is 0.252 e. The first-order valence-corrected chi connectivity index (χ1v) is 5.62. The number of hydrogen-bond acceptors (Lipinski definition) is 1. The quantitative estimate of drug-likeness (QED) is 0.835. The molecule has 0 saturated heterocycles.